The van der Waals surface area contributed by atoms with Crippen LogP contribution in [0.2, 0.25) is 0 Å². The van der Waals surface area contributed by atoms with E-state index in [2.05, 4.69) is 5.10 Å². The summed E-state index contributed by atoms with van der Waals surface area (Å²) in [6.07, 6.45) is 1.60. The van der Waals surface area contributed by atoms with E-state index < -0.39 is 0 Å². The number of aromatic nitrogens is 2. The Bertz CT molecular complexity index is 891. The van der Waals surface area contributed by atoms with E-state index in [0.29, 0.717) is 16.4 Å². The molecule has 24 heavy (non-hydrogen) atoms. The van der Waals surface area contributed by atoms with Crippen LogP contribution in [0, 0.1) is 6.92 Å². The zero-order chi connectivity index (χ0) is 16.9. The highest BCUT2D eigenvalue weighted by Crippen LogP contribution is 2.28. The lowest BCUT2D eigenvalue weighted by Gasteiger charge is -2.12. The summed E-state index contributed by atoms with van der Waals surface area (Å²) < 4.78 is 6.77. The molecule has 0 saturated heterocycles. The minimum absolute atomic E-state index is 0.162. The van der Waals surface area contributed by atoms with Crippen molar-refractivity contribution in [1.29, 1.82) is 0 Å². The van der Waals surface area contributed by atoms with Crippen LogP contribution in [-0.2, 0) is 5.75 Å². The number of hydrogen-bond acceptors (Lipinski definition) is 4. The Morgan fingerprint density at radius 1 is 1.08 bits per heavy atom. The molecule has 0 atom stereocenters. The highest BCUT2D eigenvalue weighted by molar-refractivity contribution is 7.98. The van der Waals surface area contributed by atoms with Crippen molar-refractivity contribution in [3.8, 4) is 11.4 Å². The number of aryl methyl sites for hydroxylation is 1. The van der Waals surface area contributed by atoms with Crippen molar-refractivity contribution in [2.75, 3.05) is 7.11 Å². The first-order valence-electron chi connectivity index (χ1n) is 7.59. The molecule has 2 aromatic carbocycles. The van der Waals surface area contributed by atoms with Gasteiger partial charge in [-0.15, -0.1) is 11.8 Å². The van der Waals surface area contributed by atoms with E-state index in [1.807, 2.05) is 61.5 Å². The summed E-state index contributed by atoms with van der Waals surface area (Å²) in [5.41, 5.74) is 2.77. The molecule has 0 N–H and O–H groups in total. The zero-order valence-corrected chi connectivity index (χ0v) is 14.4. The van der Waals surface area contributed by atoms with Crippen LogP contribution in [0.4, 0.5) is 0 Å². The molecule has 4 nitrogen and oxygen atoms in total. The Morgan fingerprint density at radius 3 is 2.50 bits per heavy atom. The third kappa shape index (κ3) is 3.36. The number of rotatable bonds is 5. The van der Waals surface area contributed by atoms with E-state index in [-0.39, 0.29) is 5.56 Å². The number of thioether (sulfide) groups is 1. The third-order valence-corrected chi connectivity index (χ3v) is 4.83. The van der Waals surface area contributed by atoms with E-state index in [9.17, 15) is 4.79 Å². The second-order valence-corrected chi connectivity index (χ2v) is 6.31. The lowest BCUT2D eigenvalue weighted by atomic mass is 10.2. The molecule has 0 bridgehead atoms. The quantitative estimate of drug-likeness (QED) is 0.663. The predicted molar refractivity (Wildman–Crippen MR) is 97.1 cm³/mol. The van der Waals surface area contributed by atoms with Crippen molar-refractivity contribution in [2.45, 2.75) is 17.6 Å². The minimum Gasteiger partial charge on any atom is -0.494 e. The summed E-state index contributed by atoms with van der Waals surface area (Å²) >= 11 is 1.47. The van der Waals surface area contributed by atoms with Gasteiger partial charge in [-0.3, -0.25) is 4.79 Å². The average Bonchev–Trinajstić information content (AvgIpc) is 2.62. The maximum Gasteiger partial charge on any atom is 0.288 e. The van der Waals surface area contributed by atoms with E-state index in [4.69, 9.17) is 4.74 Å². The SMILES string of the molecule is COc1cnn(-c2ccccc2C)c(=O)c1SCc1ccccc1. The Hall–Kier alpha value is -2.53. The highest BCUT2D eigenvalue weighted by atomic mass is 32.2. The van der Waals surface area contributed by atoms with Crippen molar-refractivity contribution in [3.63, 3.8) is 0 Å². The largest absolute Gasteiger partial charge is 0.494 e. The normalized spacial score (nSPS) is 10.6. The van der Waals surface area contributed by atoms with Crippen molar-refractivity contribution in [3.05, 3.63) is 82.3 Å². The molecule has 0 aliphatic rings. The van der Waals surface area contributed by atoms with Crippen LogP contribution in [0.15, 0.2) is 70.5 Å². The van der Waals surface area contributed by atoms with E-state index in [1.165, 1.54) is 16.4 Å². The van der Waals surface area contributed by atoms with Gasteiger partial charge in [-0.05, 0) is 24.1 Å². The molecule has 0 aliphatic carbocycles. The Balaban J connectivity index is 2.00. The number of para-hydroxylation sites is 1. The maximum atomic E-state index is 12.9. The topological polar surface area (TPSA) is 44.1 Å². The summed E-state index contributed by atoms with van der Waals surface area (Å²) in [5, 5.41) is 4.26. The van der Waals surface area contributed by atoms with Gasteiger partial charge < -0.3 is 4.74 Å². The predicted octanol–water partition coefficient (Wildman–Crippen LogP) is 3.84. The molecule has 0 aliphatic heterocycles. The van der Waals surface area contributed by atoms with E-state index >= 15 is 0 Å². The molecule has 122 valence electrons. The van der Waals surface area contributed by atoms with Crippen LogP contribution < -0.4 is 10.3 Å². The van der Waals surface area contributed by atoms with Gasteiger partial charge in [-0.25, -0.2) is 0 Å². The van der Waals surface area contributed by atoms with Gasteiger partial charge in [-0.2, -0.15) is 9.78 Å². The molecule has 5 heteroatoms. The van der Waals surface area contributed by atoms with Crippen LogP contribution in [-0.4, -0.2) is 16.9 Å². The molecule has 1 aromatic heterocycles. The lowest BCUT2D eigenvalue weighted by Crippen LogP contribution is -2.23. The highest BCUT2D eigenvalue weighted by Gasteiger charge is 2.15. The van der Waals surface area contributed by atoms with Crippen LogP contribution >= 0.6 is 11.8 Å². The lowest BCUT2D eigenvalue weighted by molar-refractivity contribution is 0.397. The van der Waals surface area contributed by atoms with Gasteiger partial charge in [0.15, 0.2) is 5.75 Å². The molecule has 0 saturated carbocycles. The Labute approximate surface area is 145 Å². The average molecular weight is 338 g/mol. The van der Waals surface area contributed by atoms with E-state index in [1.54, 1.807) is 13.3 Å². The molecule has 0 fully saturated rings. The summed E-state index contributed by atoms with van der Waals surface area (Å²) in [5.74, 6) is 1.20. The Morgan fingerprint density at radius 2 is 1.79 bits per heavy atom. The number of nitrogens with zero attached hydrogens (tertiary/aromatic N) is 2. The number of benzene rings is 2. The molecule has 0 radical (unpaired) electrons. The van der Waals surface area contributed by atoms with Gasteiger partial charge >= 0.3 is 0 Å². The summed E-state index contributed by atoms with van der Waals surface area (Å²) in [4.78, 5) is 13.5. The number of ether oxygens (including phenoxy) is 1. The fourth-order valence-electron chi connectivity index (χ4n) is 2.40. The number of hydrogen-bond donors (Lipinski definition) is 0. The van der Waals surface area contributed by atoms with Crippen LogP contribution in [0.3, 0.4) is 0 Å². The molecule has 3 rings (SSSR count). The first kappa shape index (κ1) is 16.3. The molecule has 0 amide bonds. The summed E-state index contributed by atoms with van der Waals surface area (Å²) in [6.45, 7) is 1.96. The molecule has 0 spiro atoms. The number of methoxy groups -OCH3 is 1. The second-order valence-electron chi connectivity index (χ2n) is 5.32. The molecule has 3 aromatic rings. The van der Waals surface area contributed by atoms with Gasteiger partial charge in [0.25, 0.3) is 5.56 Å². The van der Waals surface area contributed by atoms with Gasteiger partial charge in [0.1, 0.15) is 4.90 Å². The van der Waals surface area contributed by atoms with Crippen molar-refractivity contribution < 1.29 is 4.74 Å². The third-order valence-electron chi connectivity index (χ3n) is 3.69. The van der Waals surface area contributed by atoms with E-state index in [0.717, 1.165) is 16.8 Å². The fraction of sp³-hybridized carbons (Fsp3) is 0.158. The van der Waals surface area contributed by atoms with Gasteiger partial charge in [0.2, 0.25) is 0 Å². The second kappa shape index (κ2) is 7.36. The van der Waals surface area contributed by atoms with Crippen molar-refractivity contribution in [1.82, 2.24) is 9.78 Å². The van der Waals surface area contributed by atoms with Crippen molar-refractivity contribution >= 4 is 11.8 Å². The summed E-state index contributed by atoms with van der Waals surface area (Å²) in [7, 11) is 1.56. The van der Waals surface area contributed by atoms with Gasteiger partial charge in [0.05, 0.1) is 19.0 Å². The molecular weight excluding hydrogens is 320 g/mol. The fourth-order valence-corrected chi connectivity index (χ4v) is 3.40. The summed E-state index contributed by atoms with van der Waals surface area (Å²) in [6, 6.07) is 17.7. The van der Waals surface area contributed by atoms with Gasteiger partial charge in [-0.1, -0.05) is 48.5 Å². The smallest absolute Gasteiger partial charge is 0.288 e. The standard InChI is InChI=1S/C19H18N2O2S/c1-14-8-6-7-11-16(14)21-19(22)18(17(23-2)12-20-21)24-13-15-9-4-3-5-10-15/h3-12H,13H2,1-2H3. The van der Waals surface area contributed by atoms with Crippen LogP contribution in [0.5, 0.6) is 5.75 Å². The first-order valence-corrected chi connectivity index (χ1v) is 8.58. The molecular formula is C19H18N2O2S. The minimum atomic E-state index is -0.162. The molecule has 1 heterocycles. The maximum absolute atomic E-state index is 12.9. The van der Waals surface area contributed by atoms with Crippen LogP contribution in [0.25, 0.3) is 5.69 Å². The monoisotopic (exact) mass is 338 g/mol. The Kier molecular flexibility index (Phi) is 5.01. The molecule has 0 unspecified atom stereocenters. The van der Waals surface area contributed by atoms with Gasteiger partial charge in [0, 0.05) is 5.75 Å². The zero-order valence-electron chi connectivity index (χ0n) is 13.6. The van der Waals surface area contributed by atoms with Crippen molar-refractivity contribution in [2.24, 2.45) is 0 Å². The van der Waals surface area contributed by atoms with Crippen LogP contribution in [0.1, 0.15) is 11.1 Å². The first-order chi connectivity index (χ1) is 11.7.